The van der Waals surface area contributed by atoms with Gasteiger partial charge in [-0.1, -0.05) is 117 Å². The average Bonchev–Trinajstić information content (AvgIpc) is 3.05. The third kappa shape index (κ3) is 34.0. The number of carbonyl (C=O) groups is 4. The van der Waals surface area contributed by atoms with Gasteiger partial charge >= 0.3 is 59.1 Å². The van der Waals surface area contributed by atoms with Gasteiger partial charge in [0.1, 0.15) is 0 Å². The van der Waals surface area contributed by atoms with Crippen LogP contribution in [0, 0.1) is 0 Å². The first kappa shape index (κ1) is 55.1. The van der Waals surface area contributed by atoms with Crippen LogP contribution in [0.2, 0.25) is 0 Å². The second-order valence-corrected chi connectivity index (χ2v) is 13.8. The van der Waals surface area contributed by atoms with E-state index in [0.29, 0.717) is 19.6 Å². The van der Waals surface area contributed by atoms with Gasteiger partial charge in [-0.05, 0) is 38.6 Å². The predicted octanol–water partition coefficient (Wildman–Crippen LogP) is -2.18. The van der Waals surface area contributed by atoms with Gasteiger partial charge in [-0.15, -0.1) is 0 Å². The first-order valence-corrected chi connectivity index (χ1v) is 19.6. The molecule has 0 aromatic heterocycles. The standard InChI is InChI=1S/C38H73N3O8.2Na/c1-4-7-10-13-16-19-26-39(29-33(42)31-40(35(44)22-24-37(46)47)27-20-17-14-11-8-5-2)30-34(43)32-41(36(45)23-25-38(48)49)28-21-18-15-12-9-6-3;;/h33-34,42-43H,4-32H2,1-3H3,(H,46,47)(H,48,49);;/q;2*+1/p-2. The van der Waals surface area contributed by atoms with E-state index in [4.69, 9.17) is 0 Å². The zero-order chi connectivity index (χ0) is 36.7. The summed E-state index contributed by atoms with van der Waals surface area (Å²) in [6.45, 7) is 8.54. The number of aliphatic hydroxyl groups excluding tert-OH is 2. The normalized spacial score (nSPS) is 12.1. The van der Waals surface area contributed by atoms with Crippen LogP contribution < -0.4 is 69.3 Å². The van der Waals surface area contributed by atoms with Crippen molar-refractivity contribution in [1.82, 2.24) is 14.7 Å². The van der Waals surface area contributed by atoms with Crippen LogP contribution in [0.3, 0.4) is 0 Å². The van der Waals surface area contributed by atoms with E-state index in [1.807, 2.05) is 4.90 Å². The maximum Gasteiger partial charge on any atom is 1.00 e. The molecule has 288 valence electrons. The Hall–Kier alpha value is -0.240. The maximum atomic E-state index is 12.9. The van der Waals surface area contributed by atoms with E-state index >= 15 is 0 Å². The number of carbonyl (C=O) groups excluding carboxylic acids is 4. The van der Waals surface area contributed by atoms with Gasteiger partial charge in [-0.3, -0.25) is 14.5 Å². The predicted molar refractivity (Wildman–Crippen MR) is 190 cm³/mol. The SMILES string of the molecule is CCCCCCCCN(CC(O)CN(CCCCCCCC)C(=O)CCC(=O)[O-])CC(O)CN(CCCCCCCC)C(=O)CCC(=O)[O-].[Na+].[Na+]. The number of rotatable bonds is 35. The second kappa shape index (κ2) is 38.1. The molecule has 2 N–H and O–H groups in total. The van der Waals surface area contributed by atoms with Crippen molar-refractivity contribution in [2.75, 3.05) is 45.8 Å². The van der Waals surface area contributed by atoms with Gasteiger partial charge in [0.2, 0.25) is 11.8 Å². The largest absolute Gasteiger partial charge is 1.00 e. The smallest absolute Gasteiger partial charge is 0.550 e. The topological polar surface area (TPSA) is 165 Å². The Labute approximate surface area is 354 Å². The van der Waals surface area contributed by atoms with Crippen LogP contribution in [-0.2, 0) is 19.2 Å². The summed E-state index contributed by atoms with van der Waals surface area (Å²) in [5.74, 6) is -3.20. The molecule has 11 nitrogen and oxygen atoms in total. The van der Waals surface area contributed by atoms with E-state index in [-0.39, 0.29) is 123 Å². The van der Waals surface area contributed by atoms with Gasteiger partial charge in [0.25, 0.3) is 0 Å². The molecule has 0 rings (SSSR count). The fraction of sp³-hybridized carbons (Fsp3) is 0.895. The number of hydrogen-bond acceptors (Lipinski definition) is 9. The molecular weight excluding hydrogens is 672 g/mol. The van der Waals surface area contributed by atoms with Crippen LogP contribution in [0.15, 0.2) is 0 Å². The van der Waals surface area contributed by atoms with Crippen LogP contribution in [0.1, 0.15) is 162 Å². The van der Waals surface area contributed by atoms with Gasteiger partial charge in [0.15, 0.2) is 0 Å². The Balaban J connectivity index is -0.0000115. The van der Waals surface area contributed by atoms with Crippen LogP contribution >= 0.6 is 0 Å². The van der Waals surface area contributed by atoms with E-state index in [2.05, 4.69) is 20.8 Å². The average molecular weight is 744 g/mol. The molecule has 0 saturated heterocycles. The molecule has 0 aromatic carbocycles. The minimum absolute atomic E-state index is 0. The monoisotopic (exact) mass is 744 g/mol. The van der Waals surface area contributed by atoms with Gasteiger partial charge < -0.3 is 39.8 Å². The molecule has 0 aliphatic carbocycles. The van der Waals surface area contributed by atoms with Crippen LogP contribution in [0.25, 0.3) is 0 Å². The van der Waals surface area contributed by atoms with Crippen molar-refractivity contribution in [2.45, 2.75) is 174 Å². The maximum absolute atomic E-state index is 12.9. The van der Waals surface area contributed by atoms with Crippen molar-refractivity contribution in [2.24, 2.45) is 0 Å². The minimum atomic E-state index is -1.28. The molecule has 0 saturated carbocycles. The summed E-state index contributed by atoms with van der Waals surface area (Å²) in [6, 6.07) is 0. The number of carboxylic acids is 2. The van der Waals surface area contributed by atoms with Crippen LogP contribution in [-0.4, -0.2) is 107 Å². The first-order valence-electron chi connectivity index (χ1n) is 19.6. The molecule has 0 radical (unpaired) electrons. The molecule has 0 spiro atoms. The number of carboxylic acid groups (broad SMARTS) is 2. The fourth-order valence-corrected chi connectivity index (χ4v) is 6.13. The zero-order valence-corrected chi connectivity index (χ0v) is 37.3. The number of nitrogens with zero attached hydrogens (tertiary/aromatic N) is 3. The fourth-order valence-electron chi connectivity index (χ4n) is 6.13. The summed E-state index contributed by atoms with van der Waals surface area (Å²) in [4.78, 5) is 53.0. The van der Waals surface area contributed by atoms with Crippen molar-refractivity contribution in [3.8, 4) is 0 Å². The minimum Gasteiger partial charge on any atom is -0.550 e. The molecule has 0 aliphatic heterocycles. The number of aliphatic hydroxyl groups is 2. The molecule has 2 atom stereocenters. The molecule has 13 heteroatoms. The number of amides is 2. The Morgan fingerprint density at radius 2 is 0.745 bits per heavy atom. The molecular formula is C38H71N3Na2O8. The number of unbranched alkanes of at least 4 members (excludes halogenated alkanes) is 15. The van der Waals surface area contributed by atoms with Crippen LogP contribution in [0.4, 0.5) is 0 Å². The van der Waals surface area contributed by atoms with Gasteiger partial charge in [-0.25, -0.2) is 0 Å². The Bertz CT molecular complexity index is 811. The molecule has 0 heterocycles. The van der Waals surface area contributed by atoms with Crippen LogP contribution in [0.5, 0.6) is 0 Å². The van der Waals surface area contributed by atoms with E-state index < -0.39 is 24.1 Å². The van der Waals surface area contributed by atoms with Crippen molar-refractivity contribution in [3.63, 3.8) is 0 Å². The molecule has 51 heavy (non-hydrogen) atoms. The van der Waals surface area contributed by atoms with Gasteiger partial charge in [0.05, 0.1) is 12.2 Å². The third-order valence-electron chi connectivity index (χ3n) is 8.98. The quantitative estimate of drug-likeness (QED) is 0.0543. The molecule has 0 bridgehead atoms. The molecule has 0 aromatic rings. The van der Waals surface area contributed by atoms with E-state index in [9.17, 15) is 39.6 Å². The summed E-state index contributed by atoms with van der Waals surface area (Å²) in [5, 5.41) is 44.4. The first-order chi connectivity index (χ1) is 23.5. The van der Waals surface area contributed by atoms with Crippen molar-refractivity contribution in [1.29, 1.82) is 0 Å². The molecule has 2 unspecified atom stereocenters. The van der Waals surface area contributed by atoms with Crippen molar-refractivity contribution < 1.29 is 98.7 Å². The van der Waals surface area contributed by atoms with Crippen molar-refractivity contribution in [3.05, 3.63) is 0 Å². The Kier molecular flexibility index (Phi) is 41.1. The zero-order valence-electron chi connectivity index (χ0n) is 33.3. The van der Waals surface area contributed by atoms with Crippen molar-refractivity contribution >= 4 is 23.8 Å². The Morgan fingerprint density at radius 1 is 0.451 bits per heavy atom. The molecule has 0 fully saturated rings. The number of aliphatic carboxylic acids is 2. The summed E-state index contributed by atoms with van der Waals surface area (Å²) < 4.78 is 0. The molecule has 2 amide bonds. The van der Waals surface area contributed by atoms with Gasteiger partial charge in [0, 0.05) is 64.0 Å². The Morgan fingerprint density at radius 3 is 1.06 bits per heavy atom. The van der Waals surface area contributed by atoms with Gasteiger partial charge in [-0.2, -0.15) is 0 Å². The molecule has 0 aliphatic rings. The third-order valence-corrected chi connectivity index (χ3v) is 8.98. The summed E-state index contributed by atoms with van der Waals surface area (Å²) >= 11 is 0. The van der Waals surface area contributed by atoms with E-state index in [1.54, 1.807) is 9.80 Å². The summed E-state index contributed by atoms with van der Waals surface area (Å²) in [6.07, 6.45) is 16.0. The van der Waals surface area contributed by atoms with E-state index in [1.165, 1.54) is 6.42 Å². The second-order valence-electron chi connectivity index (χ2n) is 13.8. The summed E-state index contributed by atoms with van der Waals surface area (Å²) in [7, 11) is 0. The number of hydrogen-bond donors (Lipinski definition) is 2. The van der Waals surface area contributed by atoms with E-state index in [0.717, 1.165) is 109 Å². The summed E-state index contributed by atoms with van der Waals surface area (Å²) in [5.41, 5.74) is 0.